The Kier molecular flexibility index (Phi) is 9.82. The molecule has 3 heteroatoms. The molecule has 4 saturated carbocycles. The SMILES string of the molecule is CC[C@H](CC[C@@H](C)[C@H]1CC[C@H]2[C@@H]3C[C@@H](NCCCN(C)C)[C@H]4C[C@@H](O)CC[C@]4(C)[C@H]3CC[C@]12C)C(C)C. The third kappa shape index (κ3) is 6.00. The van der Waals surface area contributed by atoms with Gasteiger partial charge in [0.25, 0.3) is 0 Å². The molecule has 0 heterocycles. The van der Waals surface area contributed by atoms with Crippen molar-refractivity contribution < 1.29 is 5.11 Å². The molecule has 3 nitrogen and oxygen atoms in total. The van der Waals surface area contributed by atoms with Gasteiger partial charge in [0, 0.05) is 6.04 Å². The first-order valence-electron chi connectivity index (χ1n) is 16.6. The van der Waals surface area contributed by atoms with E-state index in [-0.39, 0.29) is 6.10 Å². The van der Waals surface area contributed by atoms with Gasteiger partial charge in [-0.15, -0.1) is 0 Å². The summed E-state index contributed by atoms with van der Waals surface area (Å²) in [6.07, 6.45) is 15.9. The van der Waals surface area contributed by atoms with Gasteiger partial charge in [0.05, 0.1) is 6.10 Å². The van der Waals surface area contributed by atoms with E-state index in [1.165, 1.54) is 64.2 Å². The molecule has 0 amide bonds. The van der Waals surface area contributed by atoms with E-state index in [0.717, 1.165) is 67.4 Å². The van der Waals surface area contributed by atoms with Crippen LogP contribution >= 0.6 is 0 Å². The Hall–Kier alpha value is -0.120. The first kappa shape index (κ1) is 29.9. The minimum Gasteiger partial charge on any atom is -0.393 e. The van der Waals surface area contributed by atoms with Gasteiger partial charge in [-0.1, -0.05) is 54.4 Å². The Morgan fingerprint density at radius 1 is 0.892 bits per heavy atom. The van der Waals surface area contributed by atoms with Crippen molar-refractivity contribution in [1.29, 1.82) is 0 Å². The third-order valence-electron chi connectivity index (χ3n) is 13.1. The van der Waals surface area contributed by atoms with Crippen molar-refractivity contribution in [3.8, 4) is 0 Å². The van der Waals surface area contributed by atoms with Crippen LogP contribution in [-0.2, 0) is 0 Å². The second kappa shape index (κ2) is 12.2. The van der Waals surface area contributed by atoms with Crippen molar-refractivity contribution in [3.05, 3.63) is 0 Å². The van der Waals surface area contributed by atoms with Crippen LogP contribution in [-0.4, -0.2) is 49.3 Å². The van der Waals surface area contributed by atoms with Crippen LogP contribution in [0.3, 0.4) is 0 Å². The molecule has 4 rings (SSSR count). The van der Waals surface area contributed by atoms with Gasteiger partial charge >= 0.3 is 0 Å². The van der Waals surface area contributed by atoms with Crippen molar-refractivity contribution in [2.45, 2.75) is 131 Å². The van der Waals surface area contributed by atoms with Gasteiger partial charge in [-0.25, -0.2) is 0 Å². The zero-order valence-corrected chi connectivity index (χ0v) is 26.1. The average Bonchev–Trinajstić information content (AvgIpc) is 3.20. The summed E-state index contributed by atoms with van der Waals surface area (Å²) in [4.78, 5) is 2.31. The molecule has 2 N–H and O–H groups in total. The first-order valence-corrected chi connectivity index (χ1v) is 16.6. The quantitative estimate of drug-likeness (QED) is 0.277. The Labute approximate surface area is 231 Å². The molecule has 0 aliphatic heterocycles. The Balaban J connectivity index is 1.49. The summed E-state index contributed by atoms with van der Waals surface area (Å²) < 4.78 is 0. The maximum Gasteiger partial charge on any atom is 0.0543 e. The number of nitrogens with zero attached hydrogens (tertiary/aromatic N) is 1. The van der Waals surface area contributed by atoms with Crippen molar-refractivity contribution >= 4 is 0 Å². The molecule has 4 aliphatic rings. The number of hydrogen-bond acceptors (Lipinski definition) is 3. The summed E-state index contributed by atoms with van der Waals surface area (Å²) in [5.41, 5.74) is 0.963. The maximum atomic E-state index is 10.7. The molecule has 0 saturated heterocycles. The van der Waals surface area contributed by atoms with E-state index in [1.807, 2.05) is 0 Å². The van der Waals surface area contributed by atoms with Crippen molar-refractivity contribution in [2.75, 3.05) is 27.2 Å². The monoisotopic (exact) mass is 517 g/mol. The molecule has 0 aromatic rings. The molecule has 0 spiro atoms. The molecule has 0 aromatic heterocycles. The van der Waals surface area contributed by atoms with Crippen LogP contribution in [0.4, 0.5) is 0 Å². The lowest BCUT2D eigenvalue weighted by molar-refractivity contribution is -0.141. The highest BCUT2D eigenvalue weighted by molar-refractivity contribution is 5.12. The largest absolute Gasteiger partial charge is 0.393 e. The van der Waals surface area contributed by atoms with Gasteiger partial charge in [0.2, 0.25) is 0 Å². The lowest BCUT2D eigenvalue weighted by atomic mass is 9.43. The second-order valence-electron chi connectivity index (χ2n) is 15.6. The Bertz CT molecular complexity index is 723. The number of nitrogens with one attached hydrogen (secondary N) is 1. The minimum atomic E-state index is -0.0796. The molecular weight excluding hydrogens is 452 g/mol. The number of fused-ring (bicyclic) bond motifs is 5. The number of aliphatic hydroxyl groups is 1. The zero-order chi connectivity index (χ0) is 27.0. The van der Waals surface area contributed by atoms with E-state index in [4.69, 9.17) is 0 Å². The van der Waals surface area contributed by atoms with Gasteiger partial charge in [0.15, 0.2) is 0 Å². The molecule has 0 bridgehead atoms. The number of aliphatic hydroxyl groups excluding tert-OH is 1. The average molecular weight is 517 g/mol. The van der Waals surface area contributed by atoms with Crippen molar-refractivity contribution in [2.24, 2.45) is 58.2 Å². The molecule has 11 atom stereocenters. The molecule has 4 aliphatic carbocycles. The number of rotatable bonds is 11. The predicted octanol–water partition coefficient (Wildman–Crippen LogP) is 7.62. The van der Waals surface area contributed by atoms with Crippen LogP contribution in [0, 0.1) is 58.2 Å². The summed E-state index contributed by atoms with van der Waals surface area (Å²) in [5, 5.41) is 14.8. The van der Waals surface area contributed by atoms with Crippen LogP contribution in [0.5, 0.6) is 0 Å². The first-order chi connectivity index (χ1) is 17.5. The van der Waals surface area contributed by atoms with Gasteiger partial charge in [-0.3, -0.25) is 0 Å². The fourth-order valence-corrected chi connectivity index (χ4v) is 10.9. The summed E-state index contributed by atoms with van der Waals surface area (Å²) in [5.74, 6) is 6.86. The maximum absolute atomic E-state index is 10.7. The molecule has 0 radical (unpaired) electrons. The minimum absolute atomic E-state index is 0.0796. The summed E-state index contributed by atoms with van der Waals surface area (Å²) in [6.45, 7) is 17.6. The second-order valence-corrected chi connectivity index (χ2v) is 15.6. The van der Waals surface area contributed by atoms with Gasteiger partial charge in [-0.2, -0.15) is 0 Å². The summed E-state index contributed by atoms with van der Waals surface area (Å²) in [7, 11) is 4.37. The smallest absolute Gasteiger partial charge is 0.0543 e. The lowest BCUT2D eigenvalue weighted by Crippen LogP contribution is -2.61. The molecule has 0 unspecified atom stereocenters. The molecule has 0 aromatic carbocycles. The van der Waals surface area contributed by atoms with E-state index >= 15 is 0 Å². The Morgan fingerprint density at radius 3 is 2.27 bits per heavy atom. The predicted molar refractivity (Wildman–Crippen MR) is 159 cm³/mol. The van der Waals surface area contributed by atoms with E-state index in [0.29, 0.717) is 22.8 Å². The molecule has 4 fully saturated rings. The third-order valence-corrected chi connectivity index (χ3v) is 13.1. The molecular formula is C34H64N2O. The van der Waals surface area contributed by atoms with Crippen LogP contribution < -0.4 is 5.32 Å². The fraction of sp³-hybridized carbons (Fsp3) is 1.00. The fourth-order valence-electron chi connectivity index (χ4n) is 10.9. The van der Waals surface area contributed by atoms with Gasteiger partial charge in [-0.05, 0) is 150 Å². The highest BCUT2D eigenvalue weighted by Gasteiger charge is 2.62. The van der Waals surface area contributed by atoms with Crippen LogP contribution in [0.25, 0.3) is 0 Å². The van der Waals surface area contributed by atoms with E-state index in [1.54, 1.807) is 0 Å². The summed E-state index contributed by atoms with van der Waals surface area (Å²) in [6, 6.07) is 0.596. The highest BCUT2D eigenvalue weighted by atomic mass is 16.3. The normalized spacial score (nSPS) is 43.4. The van der Waals surface area contributed by atoms with E-state index in [2.05, 4.69) is 65.9 Å². The van der Waals surface area contributed by atoms with Gasteiger partial charge in [0.1, 0.15) is 0 Å². The van der Waals surface area contributed by atoms with Crippen molar-refractivity contribution in [3.63, 3.8) is 0 Å². The molecule has 37 heavy (non-hydrogen) atoms. The van der Waals surface area contributed by atoms with Gasteiger partial charge < -0.3 is 15.3 Å². The zero-order valence-electron chi connectivity index (χ0n) is 26.1. The number of hydrogen-bond donors (Lipinski definition) is 2. The standard InChI is InChI=1S/C34H64N2O/c1-9-25(23(2)3)12-11-24(4)28-13-14-29-27-22-32(35-19-10-20-36(7)8)31-21-26(37)15-17-34(31,6)30(27)16-18-33(28,29)5/h23-32,35,37H,9-22H2,1-8H3/t24-,25-,26+,27+,28-,29+,30+,31-,32-,33-,34-/m1/s1. The molecule has 216 valence electrons. The Morgan fingerprint density at radius 2 is 1.59 bits per heavy atom. The van der Waals surface area contributed by atoms with Crippen LogP contribution in [0.1, 0.15) is 119 Å². The van der Waals surface area contributed by atoms with E-state index in [9.17, 15) is 5.11 Å². The lowest BCUT2D eigenvalue weighted by Gasteiger charge is -2.63. The van der Waals surface area contributed by atoms with Crippen molar-refractivity contribution in [1.82, 2.24) is 10.2 Å². The van der Waals surface area contributed by atoms with Crippen LogP contribution in [0.2, 0.25) is 0 Å². The summed E-state index contributed by atoms with van der Waals surface area (Å²) >= 11 is 0. The topological polar surface area (TPSA) is 35.5 Å². The highest BCUT2D eigenvalue weighted by Crippen LogP contribution is 2.68. The van der Waals surface area contributed by atoms with E-state index < -0.39 is 0 Å². The van der Waals surface area contributed by atoms with Crippen LogP contribution in [0.15, 0.2) is 0 Å².